The molecule has 6 nitrogen and oxygen atoms in total. The van der Waals surface area contributed by atoms with Crippen LogP contribution in [-0.2, 0) is 10.0 Å². The fourth-order valence-electron chi connectivity index (χ4n) is 2.03. The lowest BCUT2D eigenvalue weighted by molar-refractivity contribution is 0.392. The minimum absolute atomic E-state index is 0.0875. The highest BCUT2D eigenvalue weighted by Crippen LogP contribution is 2.29. The Morgan fingerprint density at radius 3 is 2.35 bits per heavy atom. The molecule has 0 aromatic heterocycles. The van der Waals surface area contributed by atoms with Crippen LogP contribution in [0.5, 0.6) is 11.5 Å². The predicted molar refractivity (Wildman–Crippen MR) is 84.7 cm³/mol. The van der Waals surface area contributed by atoms with Crippen molar-refractivity contribution in [2.24, 2.45) is 0 Å². The summed E-state index contributed by atoms with van der Waals surface area (Å²) in [6.07, 6.45) is 0. The van der Waals surface area contributed by atoms with Gasteiger partial charge in [-0.1, -0.05) is 30.3 Å². The number of hydrogen-bond acceptors (Lipinski definition) is 5. The SMILES string of the molecule is COc1ccc(OC)c(S(=O)(=O)NC(C#N)c2ccccc2)c1. The standard InChI is InChI=1S/C16H16N2O4S/c1-21-13-8-9-15(22-2)16(10-13)23(19,20)18-14(11-17)12-6-4-3-5-7-12/h3-10,14,18H,1-2H3. The number of methoxy groups -OCH3 is 2. The molecular weight excluding hydrogens is 316 g/mol. The van der Waals surface area contributed by atoms with E-state index in [0.29, 0.717) is 11.3 Å². The zero-order valence-corrected chi connectivity index (χ0v) is 13.5. The van der Waals surface area contributed by atoms with Crippen molar-refractivity contribution in [1.82, 2.24) is 4.72 Å². The summed E-state index contributed by atoms with van der Waals surface area (Å²) >= 11 is 0. The quantitative estimate of drug-likeness (QED) is 0.876. The number of hydrogen-bond donors (Lipinski definition) is 1. The van der Waals surface area contributed by atoms with Crippen LogP contribution in [0.2, 0.25) is 0 Å². The Hall–Kier alpha value is -2.56. The topological polar surface area (TPSA) is 88.4 Å². The molecule has 0 saturated carbocycles. The maximum absolute atomic E-state index is 12.6. The second-order valence-corrected chi connectivity index (χ2v) is 6.29. The summed E-state index contributed by atoms with van der Waals surface area (Å²) in [5, 5.41) is 9.28. The van der Waals surface area contributed by atoms with Crippen LogP contribution in [0.1, 0.15) is 11.6 Å². The van der Waals surface area contributed by atoms with Crippen molar-refractivity contribution in [3.05, 3.63) is 54.1 Å². The van der Waals surface area contributed by atoms with Crippen molar-refractivity contribution in [1.29, 1.82) is 5.26 Å². The van der Waals surface area contributed by atoms with Gasteiger partial charge in [-0.05, 0) is 17.7 Å². The van der Waals surface area contributed by atoms with Crippen LogP contribution in [0, 0.1) is 11.3 Å². The first-order chi connectivity index (χ1) is 11.0. The van der Waals surface area contributed by atoms with E-state index in [1.165, 1.54) is 26.4 Å². The molecule has 2 aromatic rings. The predicted octanol–water partition coefficient (Wildman–Crippen LogP) is 2.25. The average Bonchev–Trinajstić information content (AvgIpc) is 2.59. The molecule has 7 heteroatoms. The van der Waals surface area contributed by atoms with Crippen LogP contribution >= 0.6 is 0 Å². The zero-order valence-electron chi connectivity index (χ0n) is 12.7. The highest BCUT2D eigenvalue weighted by atomic mass is 32.2. The highest BCUT2D eigenvalue weighted by molar-refractivity contribution is 7.89. The zero-order chi connectivity index (χ0) is 16.9. The molecule has 0 amide bonds. The number of ether oxygens (including phenoxy) is 2. The molecule has 1 unspecified atom stereocenters. The molecule has 2 aromatic carbocycles. The number of nitriles is 1. The molecule has 0 aliphatic heterocycles. The molecule has 23 heavy (non-hydrogen) atoms. The minimum atomic E-state index is -3.97. The maximum atomic E-state index is 12.6. The molecule has 0 spiro atoms. The summed E-state index contributed by atoms with van der Waals surface area (Å²) in [5.74, 6) is 0.544. The maximum Gasteiger partial charge on any atom is 0.245 e. The van der Waals surface area contributed by atoms with Crippen molar-refractivity contribution in [2.75, 3.05) is 14.2 Å². The summed E-state index contributed by atoms with van der Waals surface area (Å²) in [6, 6.07) is 14.0. The second kappa shape index (κ2) is 7.13. The molecule has 2 rings (SSSR count). The van der Waals surface area contributed by atoms with Gasteiger partial charge in [-0.15, -0.1) is 0 Å². The van der Waals surface area contributed by atoms with Gasteiger partial charge in [-0.3, -0.25) is 0 Å². The number of benzene rings is 2. The normalized spacial score (nSPS) is 12.2. The number of sulfonamides is 1. The van der Waals surface area contributed by atoms with Gasteiger partial charge in [-0.2, -0.15) is 9.98 Å². The summed E-state index contributed by atoms with van der Waals surface area (Å²) in [6.45, 7) is 0. The molecule has 1 atom stereocenters. The van der Waals surface area contributed by atoms with Crippen LogP contribution in [0.4, 0.5) is 0 Å². The Morgan fingerprint density at radius 1 is 1.09 bits per heavy atom. The Kier molecular flexibility index (Phi) is 5.21. The van der Waals surface area contributed by atoms with Gasteiger partial charge in [-0.25, -0.2) is 8.42 Å². The molecule has 0 radical (unpaired) electrons. The second-order valence-electron chi connectivity index (χ2n) is 4.61. The van der Waals surface area contributed by atoms with E-state index in [4.69, 9.17) is 9.47 Å². The van der Waals surface area contributed by atoms with Crippen molar-refractivity contribution in [2.45, 2.75) is 10.9 Å². The van der Waals surface area contributed by atoms with Gasteiger partial charge in [0.25, 0.3) is 0 Å². The molecule has 0 bridgehead atoms. The van der Waals surface area contributed by atoms with Crippen LogP contribution in [0.25, 0.3) is 0 Å². The first-order valence-corrected chi connectivity index (χ1v) is 8.19. The van der Waals surface area contributed by atoms with Crippen molar-refractivity contribution in [3.8, 4) is 17.6 Å². The van der Waals surface area contributed by atoms with Crippen LogP contribution in [0.15, 0.2) is 53.4 Å². The van der Waals surface area contributed by atoms with Crippen molar-refractivity contribution < 1.29 is 17.9 Å². The molecule has 0 saturated heterocycles. The smallest absolute Gasteiger partial charge is 0.245 e. The molecule has 0 heterocycles. The molecular formula is C16H16N2O4S. The van der Waals surface area contributed by atoms with Gasteiger partial charge in [0.2, 0.25) is 10.0 Å². The number of nitrogens with one attached hydrogen (secondary N) is 1. The first-order valence-electron chi connectivity index (χ1n) is 6.70. The fourth-order valence-corrected chi connectivity index (χ4v) is 3.34. The first kappa shape index (κ1) is 16.8. The van der Waals surface area contributed by atoms with Crippen molar-refractivity contribution in [3.63, 3.8) is 0 Å². The van der Waals surface area contributed by atoms with Gasteiger partial charge in [0, 0.05) is 6.07 Å². The van der Waals surface area contributed by atoms with E-state index in [2.05, 4.69) is 4.72 Å². The van der Waals surface area contributed by atoms with E-state index in [9.17, 15) is 13.7 Å². The van der Waals surface area contributed by atoms with Gasteiger partial charge in [0.05, 0.1) is 20.3 Å². The van der Waals surface area contributed by atoms with E-state index in [1.54, 1.807) is 36.4 Å². The van der Waals surface area contributed by atoms with Gasteiger partial charge in [0.15, 0.2) is 0 Å². The number of rotatable bonds is 6. The average molecular weight is 332 g/mol. The summed E-state index contributed by atoms with van der Waals surface area (Å²) < 4.78 is 37.8. The van der Waals surface area contributed by atoms with Crippen LogP contribution in [0.3, 0.4) is 0 Å². The van der Waals surface area contributed by atoms with Gasteiger partial charge in [0.1, 0.15) is 22.4 Å². The lowest BCUT2D eigenvalue weighted by Gasteiger charge is -2.15. The summed E-state index contributed by atoms with van der Waals surface area (Å²) in [7, 11) is -1.16. The van der Waals surface area contributed by atoms with Gasteiger partial charge < -0.3 is 9.47 Å². The Bertz CT molecular complexity index is 814. The van der Waals surface area contributed by atoms with Crippen LogP contribution < -0.4 is 14.2 Å². The van der Waals surface area contributed by atoms with Crippen LogP contribution in [-0.4, -0.2) is 22.6 Å². The third-order valence-electron chi connectivity index (χ3n) is 3.20. The molecule has 120 valence electrons. The Morgan fingerprint density at radius 2 is 1.78 bits per heavy atom. The number of nitrogens with zero attached hydrogens (tertiary/aromatic N) is 1. The fraction of sp³-hybridized carbons (Fsp3) is 0.188. The van der Waals surface area contributed by atoms with E-state index >= 15 is 0 Å². The third-order valence-corrected chi connectivity index (χ3v) is 4.64. The van der Waals surface area contributed by atoms with E-state index in [0.717, 1.165) is 0 Å². The summed E-state index contributed by atoms with van der Waals surface area (Å²) in [5.41, 5.74) is 0.556. The highest BCUT2D eigenvalue weighted by Gasteiger charge is 2.25. The van der Waals surface area contributed by atoms with E-state index in [-0.39, 0.29) is 10.6 Å². The van der Waals surface area contributed by atoms with E-state index < -0.39 is 16.1 Å². The van der Waals surface area contributed by atoms with Crippen molar-refractivity contribution >= 4 is 10.0 Å². The largest absolute Gasteiger partial charge is 0.497 e. The van der Waals surface area contributed by atoms with E-state index in [1.807, 2.05) is 6.07 Å². The molecule has 0 aliphatic carbocycles. The third kappa shape index (κ3) is 3.80. The Labute approximate surface area is 135 Å². The monoisotopic (exact) mass is 332 g/mol. The lowest BCUT2D eigenvalue weighted by atomic mass is 10.1. The molecule has 0 fully saturated rings. The lowest BCUT2D eigenvalue weighted by Crippen LogP contribution is -2.28. The minimum Gasteiger partial charge on any atom is -0.497 e. The Balaban J connectivity index is 2.41. The summed E-state index contributed by atoms with van der Waals surface area (Å²) in [4.78, 5) is -0.0875. The molecule has 0 aliphatic rings. The molecule has 1 N–H and O–H groups in total. The van der Waals surface area contributed by atoms with Gasteiger partial charge >= 0.3 is 0 Å².